The third-order valence-corrected chi connectivity index (χ3v) is 2.83. The summed E-state index contributed by atoms with van der Waals surface area (Å²) in [4.78, 5) is 10.7. The van der Waals surface area contributed by atoms with Gasteiger partial charge in [0.25, 0.3) is 0 Å². The quantitative estimate of drug-likeness (QED) is 0.895. The lowest BCUT2D eigenvalue weighted by Gasteiger charge is -2.24. The molecule has 0 amide bonds. The van der Waals surface area contributed by atoms with Crippen molar-refractivity contribution in [3.05, 3.63) is 34.9 Å². The Bertz CT molecular complexity index is 468. The van der Waals surface area contributed by atoms with Gasteiger partial charge in [-0.2, -0.15) is 0 Å². The molecule has 18 heavy (non-hydrogen) atoms. The van der Waals surface area contributed by atoms with Gasteiger partial charge in [0.15, 0.2) is 11.6 Å². The fourth-order valence-electron chi connectivity index (χ4n) is 1.81. The highest BCUT2D eigenvalue weighted by atomic mass is 19.2. The van der Waals surface area contributed by atoms with E-state index in [1.807, 2.05) is 0 Å². The lowest BCUT2D eigenvalue weighted by molar-refractivity contribution is -0.138. The van der Waals surface area contributed by atoms with E-state index in [1.165, 1.54) is 26.8 Å². The molecule has 100 valence electrons. The van der Waals surface area contributed by atoms with Crippen molar-refractivity contribution in [3.8, 4) is 0 Å². The van der Waals surface area contributed by atoms with Gasteiger partial charge < -0.3 is 5.11 Å². The molecule has 0 fully saturated rings. The number of carbonyl (C=O) groups is 1. The Morgan fingerprint density at radius 1 is 1.39 bits per heavy atom. The van der Waals surface area contributed by atoms with E-state index in [-0.39, 0.29) is 17.5 Å². The predicted octanol–water partition coefficient (Wildman–Crippen LogP) is 3.75. The Morgan fingerprint density at radius 3 is 2.39 bits per heavy atom. The maximum atomic E-state index is 13.7. The van der Waals surface area contributed by atoms with Gasteiger partial charge in [-0.1, -0.05) is 13.8 Å². The molecule has 0 saturated carbocycles. The molecule has 1 atom stereocenters. The molecular weight excluding hydrogens is 245 g/mol. The summed E-state index contributed by atoms with van der Waals surface area (Å²) in [6.07, 6.45) is -1.81. The molecule has 1 aromatic carbocycles. The maximum absolute atomic E-state index is 13.7. The molecule has 0 aliphatic heterocycles. The molecule has 0 aliphatic carbocycles. The average molecular weight is 260 g/mol. The normalized spacial score (nSPS) is 13.4. The molecule has 0 heterocycles. The molecule has 2 nitrogen and oxygen atoms in total. The van der Waals surface area contributed by atoms with Crippen LogP contribution in [0.4, 0.5) is 13.2 Å². The highest BCUT2D eigenvalue weighted by molar-refractivity contribution is 5.69. The molecule has 0 saturated heterocycles. The third-order valence-electron chi connectivity index (χ3n) is 2.83. The summed E-state index contributed by atoms with van der Waals surface area (Å²) < 4.78 is 40.3. The van der Waals surface area contributed by atoms with E-state index in [1.54, 1.807) is 0 Å². The fourth-order valence-corrected chi connectivity index (χ4v) is 1.81. The minimum absolute atomic E-state index is 0.00219. The lowest BCUT2D eigenvalue weighted by atomic mass is 9.80. The van der Waals surface area contributed by atoms with Crippen LogP contribution < -0.4 is 0 Å². The summed E-state index contributed by atoms with van der Waals surface area (Å²) in [6, 6.07) is 1.98. The number of alkyl halides is 1. The van der Waals surface area contributed by atoms with Gasteiger partial charge in [-0.05, 0) is 30.2 Å². The van der Waals surface area contributed by atoms with Gasteiger partial charge in [0, 0.05) is 5.41 Å². The van der Waals surface area contributed by atoms with E-state index in [0.717, 1.165) is 6.07 Å². The largest absolute Gasteiger partial charge is 0.481 e. The van der Waals surface area contributed by atoms with Gasteiger partial charge in [0.1, 0.15) is 6.17 Å². The smallest absolute Gasteiger partial charge is 0.304 e. The zero-order valence-electron chi connectivity index (χ0n) is 10.4. The Balaban J connectivity index is 3.34. The topological polar surface area (TPSA) is 37.3 Å². The molecule has 1 unspecified atom stereocenters. The van der Waals surface area contributed by atoms with Gasteiger partial charge in [-0.3, -0.25) is 4.79 Å². The van der Waals surface area contributed by atoms with Gasteiger partial charge in [0.05, 0.1) is 6.42 Å². The zero-order chi connectivity index (χ0) is 14.1. The summed E-state index contributed by atoms with van der Waals surface area (Å²) in [7, 11) is 0. The Kier molecular flexibility index (Phi) is 4.04. The van der Waals surface area contributed by atoms with E-state index in [4.69, 9.17) is 5.11 Å². The molecule has 0 aromatic heterocycles. The van der Waals surface area contributed by atoms with E-state index >= 15 is 0 Å². The Hall–Kier alpha value is -1.52. The van der Waals surface area contributed by atoms with E-state index in [9.17, 15) is 18.0 Å². The van der Waals surface area contributed by atoms with Crippen LogP contribution in [0.2, 0.25) is 0 Å². The minimum Gasteiger partial charge on any atom is -0.481 e. The number of benzene rings is 1. The number of aliphatic carboxylic acids is 1. The molecule has 0 spiro atoms. The minimum atomic E-state index is -1.44. The van der Waals surface area contributed by atoms with Crippen molar-refractivity contribution in [2.24, 2.45) is 0 Å². The maximum Gasteiger partial charge on any atom is 0.304 e. The molecule has 1 N–H and O–H groups in total. The molecule has 5 heteroatoms. The second-order valence-corrected chi connectivity index (χ2v) is 4.93. The monoisotopic (exact) mass is 260 g/mol. The number of halogens is 3. The second-order valence-electron chi connectivity index (χ2n) is 4.93. The van der Waals surface area contributed by atoms with Crippen molar-refractivity contribution < 1.29 is 23.1 Å². The average Bonchev–Trinajstić information content (AvgIpc) is 2.19. The lowest BCUT2D eigenvalue weighted by Crippen LogP contribution is -2.24. The third kappa shape index (κ3) is 3.03. The first kappa shape index (κ1) is 14.5. The van der Waals surface area contributed by atoms with Crippen LogP contribution in [0.3, 0.4) is 0 Å². The standard InChI is InChI=1S/C13H15F3O2/c1-7(14)8-4-9(12(16)10(15)5-8)13(2,3)6-11(17)18/h4-5,7H,6H2,1-3H3,(H,17,18). The van der Waals surface area contributed by atoms with E-state index in [0.29, 0.717) is 0 Å². The van der Waals surface area contributed by atoms with Crippen molar-refractivity contribution in [2.45, 2.75) is 38.8 Å². The van der Waals surface area contributed by atoms with Crippen LogP contribution >= 0.6 is 0 Å². The zero-order valence-corrected chi connectivity index (χ0v) is 10.4. The van der Waals surface area contributed by atoms with Crippen LogP contribution in [0.15, 0.2) is 12.1 Å². The first-order valence-corrected chi connectivity index (χ1v) is 5.50. The molecule has 0 radical (unpaired) electrons. The summed E-state index contributed by atoms with van der Waals surface area (Å²) in [6.45, 7) is 4.16. The van der Waals surface area contributed by atoms with Crippen molar-refractivity contribution >= 4 is 5.97 Å². The Labute approximate surface area is 103 Å². The number of carboxylic acids is 1. The van der Waals surface area contributed by atoms with Crippen LogP contribution in [0.5, 0.6) is 0 Å². The van der Waals surface area contributed by atoms with Crippen LogP contribution in [0.1, 0.15) is 44.5 Å². The number of hydrogen-bond acceptors (Lipinski definition) is 1. The first-order valence-electron chi connectivity index (χ1n) is 5.50. The summed E-state index contributed by atoms with van der Waals surface area (Å²) >= 11 is 0. The van der Waals surface area contributed by atoms with Crippen LogP contribution in [0, 0.1) is 11.6 Å². The number of carboxylic acid groups (broad SMARTS) is 1. The summed E-state index contributed by atoms with van der Waals surface area (Å²) in [5, 5.41) is 8.76. The first-order chi connectivity index (χ1) is 8.15. The van der Waals surface area contributed by atoms with E-state index in [2.05, 4.69) is 0 Å². The van der Waals surface area contributed by atoms with Crippen LogP contribution in [-0.2, 0) is 10.2 Å². The molecule has 1 aromatic rings. The van der Waals surface area contributed by atoms with Gasteiger partial charge >= 0.3 is 5.97 Å². The Morgan fingerprint density at radius 2 is 1.94 bits per heavy atom. The van der Waals surface area contributed by atoms with Crippen LogP contribution in [0.25, 0.3) is 0 Å². The van der Waals surface area contributed by atoms with Crippen molar-refractivity contribution in [2.75, 3.05) is 0 Å². The summed E-state index contributed by atoms with van der Waals surface area (Å²) in [5.74, 6) is -3.41. The highest BCUT2D eigenvalue weighted by Gasteiger charge is 2.29. The van der Waals surface area contributed by atoms with Gasteiger partial charge in [-0.15, -0.1) is 0 Å². The van der Waals surface area contributed by atoms with E-state index < -0.39 is 29.2 Å². The molecule has 1 rings (SSSR count). The highest BCUT2D eigenvalue weighted by Crippen LogP contribution is 2.33. The fraction of sp³-hybridized carbons (Fsp3) is 0.462. The van der Waals surface area contributed by atoms with Gasteiger partial charge in [-0.25, -0.2) is 13.2 Å². The SMILES string of the molecule is CC(F)c1cc(F)c(F)c(C(C)(C)CC(=O)O)c1. The van der Waals surface area contributed by atoms with Crippen molar-refractivity contribution in [3.63, 3.8) is 0 Å². The number of hydrogen-bond donors (Lipinski definition) is 1. The van der Waals surface area contributed by atoms with Crippen molar-refractivity contribution in [1.29, 1.82) is 0 Å². The molecule has 0 aliphatic rings. The van der Waals surface area contributed by atoms with Crippen LogP contribution in [-0.4, -0.2) is 11.1 Å². The second kappa shape index (κ2) is 5.00. The van der Waals surface area contributed by atoms with Crippen molar-refractivity contribution in [1.82, 2.24) is 0 Å². The predicted molar refractivity (Wildman–Crippen MR) is 61.2 cm³/mol. The molecule has 0 bridgehead atoms. The van der Waals surface area contributed by atoms with Gasteiger partial charge in [0.2, 0.25) is 0 Å². The molecular formula is C13H15F3O2. The summed E-state index contributed by atoms with van der Waals surface area (Å²) in [5.41, 5.74) is -1.23. The number of rotatable bonds is 4.